The summed E-state index contributed by atoms with van der Waals surface area (Å²) in [5.41, 5.74) is 1.69. The van der Waals surface area contributed by atoms with Gasteiger partial charge in [-0.3, -0.25) is 4.79 Å². The normalized spacial score (nSPS) is 18.7. The Morgan fingerprint density at radius 3 is 3.28 bits per heavy atom. The van der Waals surface area contributed by atoms with Gasteiger partial charge in [0.15, 0.2) is 12.1 Å². The third-order valence-electron chi connectivity index (χ3n) is 3.39. The average molecular weight is 262 g/mol. The Morgan fingerprint density at radius 1 is 1.67 bits per heavy atom. The van der Waals surface area contributed by atoms with Crippen LogP contribution in [0.25, 0.3) is 0 Å². The fourth-order valence-electron chi connectivity index (χ4n) is 2.55. The largest absolute Gasteiger partial charge is 0.451 e. The lowest BCUT2D eigenvalue weighted by atomic mass is 9.97. The third kappa shape index (κ3) is 1.75. The first-order chi connectivity index (χ1) is 8.81. The monoisotopic (exact) mass is 262 g/mol. The SMILES string of the molecule is CC[C@H]1c2ccsc2CCN1C(=O)c1cocn1. The minimum absolute atomic E-state index is 0.0348. The molecule has 94 valence electrons. The minimum atomic E-state index is -0.0348. The molecular weight excluding hydrogens is 248 g/mol. The van der Waals surface area contributed by atoms with Crippen LogP contribution in [0.2, 0.25) is 0 Å². The molecule has 0 spiro atoms. The quantitative estimate of drug-likeness (QED) is 0.836. The molecule has 0 saturated heterocycles. The van der Waals surface area contributed by atoms with Crippen LogP contribution >= 0.6 is 11.3 Å². The first-order valence-corrected chi connectivity index (χ1v) is 6.94. The molecule has 1 aliphatic rings. The molecule has 0 aliphatic carbocycles. The maximum atomic E-state index is 12.4. The highest BCUT2D eigenvalue weighted by Crippen LogP contribution is 2.35. The van der Waals surface area contributed by atoms with Crippen LogP contribution in [0, 0.1) is 0 Å². The predicted octanol–water partition coefficient (Wildman–Crippen LogP) is 2.89. The van der Waals surface area contributed by atoms with Crippen LogP contribution in [0.1, 0.15) is 40.3 Å². The number of oxazole rings is 1. The maximum absolute atomic E-state index is 12.4. The van der Waals surface area contributed by atoms with E-state index in [0.29, 0.717) is 5.69 Å². The Morgan fingerprint density at radius 2 is 2.56 bits per heavy atom. The molecule has 0 N–H and O–H groups in total. The summed E-state index contributed by atoms with van der Waals surface area (Å²) < 4.78 is 4.89. The summed E-state index contributed by atoms with van der Waals surface area (Å²) in [5.74, 6) is -0.0348. The van der Waals surface area contributed by atoms with Crippen molar-refractivity contribution in [3.8, 4) is 0 Å². The van der Waals surface area contributed by atoms with Crippen LogP contribution < -0.4 is 0 Å². The van der Waals surface area contributed by atoms with Crippen molar-refractivity contribution in [3.05, 3.63) is 40.2 Å². The smallest absolute Gasteiger partial charge is 0.276 e. The van der Waals surface area contributed by atoms with Gasteiger partial charge in [-0.05, 0) is 29.9 Å². The van der Waals surface area contributed by atoms with Gasteiger partial charge in [0.05, 0.1) is 6.04 Å². The van der Waals surface area contributed by atoms with E-state index < -0.39 is 0 Å². The molecule has 0 aromatic carbocycles. The Bertz CT molecular complexity index is 547. The first kappa shape index (κ1) is 11.5. The zero-order chi connectivity index (χ0) is 12.5. The zero-order valence-electron chi connectivity index (χ0n) is 10.1. The van der Waals surface area contributed by atoms with Gasteiger partial charge < -0.3 is 9.32 Å². The van der Waals surface area contributed by atoms with E-state index in [9.17, 15) is 4.79 Å². The van der Waals surface area contributed by atoms with E-state index >= 15 is 0 Å². The molecule has 0 fully saturated rings. The molecule has 0 bridgehead atoms. The number of hydrogen-bond acceptors (Lipinski definition) is 4. The number of carbonyl (C=O) groups is 1. The molecule has 18 heavy (non-hydrogen) atoms. The number of nitrogens with zero attached hydrogens (tertiary/aromatic N) is 2. The lowest BCUT2D eigenvalue weighted by molar-refractivity contribution is 0.0651. The highest BCUT2D eigenvalue weighted by Gasteiger charge is 2.31. The zero-order valence-corrected chi connectivity index (χ0v) is 10.9. The molecule has 5 heteroatoms. The van der Waals surface area contributed by atoms with Crippen LogP contribution in [0.3, 0.4) is 0 Å². The van der Waals surface area contributed by atoms with Gasteiger partial charge in [0.1, 0.15) is 6.26 Å². The van der Waals surface area contributed by atoms with Gasteiger partial charge in [0.2, 0.25) is 0 Å². The molecule has 4 nitrogen and oxygen atoms in total. The molecule has 2 aromatic heterocycles. The van der Waals surface area contributed by atoms with Crippen LogP contribution in [-0.4, -0.2) is 22.3 Å². The van der Waals surface area contributed by atoms with E-state index in [-0.39, 0.29) is 11.9 Å². The van der Waals surface area contributed by atoms with Gasteiger partial charge in [0, 0.05) is 11.4 Å². The Balaban J connectivity index is 1.92. The molecule has 0 unspecified atom stereocenters. The van der Waals surface area contributed by atoms with E-state index in [1.54, 1.807) is 11.3 Å². The lowest BCUT2D eigenvalue weighted by Gasteiger charge is -2.34. The minimum Gasteiger partial charge on any atom is -0.451 e. The molecule has 3 rings (SSSR count). The van der Waals surface area contributed by atoms with E-state index in [2.05, 4.69) is 23.4 Å². The van der Waals surface area contributed by atoms with Gasteiger partial charge in [-0.15, -0.1) is 11.3 Å². The number of amides is 1. The molecule has 1 amide bonds. The van der Waals surface area contributed by atoms with Crippen LogP contribution in [-0.2, 0) is 6.42 Å². The number of fused-ring (bicyclic) bond motifs is 1. The summed E-state index contributed by atoms with van der Waals surface area (Å²) in [4.78, 5) is 19.6. The lowest BCUT2D eigenvalue weighted by Crippen LogP contribution is -2.39. The Kier molecular flexibility index (Phi) is 2.91. The number of carbonyl (C=O) groups excluding carboxylic acids is 1. The van der Waals surface area contributed by atoms with E-state index in [1.807, 2.05) is 4.90 Å². The molecule has 2 aromatic rings. The second-order valence-electron chi connectivity index (χ2n) is 4.35. The predicted molar refractivity (Wildman–Crippen MR) is 68.6 cm³/mol. The van der Waals surface area contributed by atoms with Gasteiger partial charge in [-0.1, -0.05) is 6.92 Å². The summed E-state index contributed by atoms with van der Waals surface area (Å²) in [6, 6.07) is 2.31. The van der Waals surface area contributed by atoms with Crippen molar-refractivity contribution >= 4 is 17.2 Å². The Hall–Kier alpha value is -1.62. The first-order valence-electron chi connectivity index (χ1n) is 6.06. The van der Waals surface area contributed by atoms with Crippen molar-refractivity contribution in [1.82, 2.24) is 9.88 Å². The number of rotatable bonds is 2. The molecular formula is C13H14N2O2S. The maximum Gasteiger partial charge on any atom is 0.276 e. The van der Waals surface area contributed by atoms with Crippen LogP contribution in [0.15, 0.2) is 28.5 Å². The molecule has 1 atom stereocenters. The molecule has 0 saturated carbocycles. The van der Waals surface area contributed by atoms with Crippen molar-refractivity contribution in [2.75, 3.05) is 6.54 Å². The highest BCUT2D eigenvalue weighted by molar-refractivity contribution is 7.10. The van der Waals surface area contributed by atoms with E-state index in [0.717, 1.165) is 19.4 Å². The van der Waals surface area contributed by atoms with Gasteiger partial charge in [0.25, 0.3) is 5.91 Å². The van der Waals surface area contributed by atoms with Gasteiger partial charge in [-0.25, -0.2) is 4.98 Å². The summed E-state index contributed by atoms with van der Waals surface area (Å²) in [6.45, 7) is 2.87. The van der Waals surface area contributed by atoms with Crippen molar-refractivity contribution in [1.29, 1.82) is 0 Å². The topological polar surface area (TPSA) is 46.3 Å². The second-order valence-corrected chi connectivity index (χ2v) is 5.35. The molecule has 1 aliphatic heterocycles. The number of aromatic nitrogens is 1. The Labute approximate surface area is 109 Å². The van der Waals surface area contributed by atoms with Crippen LogP contribution in [0.5, 0.6) is 0 Å². The average Bonchev–Trinajstić information content (AvgIpc) is 3.06. The molecule has 3 heterocycles. The van der Waals surface area contributed by atoms with Crippen molar-refractivity contribution < 1.29 is 9.21 Å². The summed E-state index contributed by atoms with van der Waals surface area (Å²) in [7, 11) is 0. The van der Waals surface area contributed by atoms with E-state index in [4.69, 9.17) is 4.42 Å². The van der Waals surface area contributed by atoms with Crippen molar-refractivity contribution in [2.24, 2.45) is 0 Å². The van der Waals surface area contributed by atoms with Gasteiger partial charge in [-0.2, -0.15) is 0 Å². The summed E-state index contributed by atoms with van der Waals surface area (Å²) >= 11 is 1.78. The summed E-state index contributed by atoms with van der Waals surface area (Å²) in [6.07, 6.45) is 4.58. The van der Waals surface area contributed by atoms with Gasteiger partial charge >= 0.3 is 0 Å². The van der Waals surface area contributed by atoms with Crippen molar-refractivity contribution in [3.63, 3.8) is 0 Å². The van der Waals surface area contributed by atoms with E-state index in [1.165, 1.54) is 23.1 Å². The fourth-order valence-corrected chi connectivity index (χ4v) is 3.47. The van der Waals surface area contributed by atoms with Crippen LogP contribution in [0.4, 0.5) is 0 Å². The third-order valence-corrected chi connectivity index (χ3v) is 4.39. The summed E-state index contributed by atoms with van der Waals surface area (Å²) in [5, 5.41) is 2.11. The number of hydrogen-bond donors (Lipinski definition) is 0. The second kappa shape index (κ2) is 4.57. The van der Waals surface area contributed by atoms with Crippen molar-refractivity contribution in [2.45, 2.75) is 25.8 Å². The molecule has 0 radical (unpaired) electrons. The fraction of sp³-hybridized carbons (Fsp3) is 0.385. The number of thiophene rings is 1. The highest BCUT2D eigenvalue weighted by atomic mass is 32.1. The standard InChI is InChI=1S/C13H14N2O2S/c1-2-11-9-4-6-18-12(9)3-5-15(11)13(16)10-7-17-8-14-10/h4,6-8,11H,2-3,5H2,1H3/t11-/m0/s1.